The predicted octanol–water partition coefficient (Wildman–Crippen LogP) is 2.72. The summed E-state index contributed by atoms with van der Waals surface area (Å²) >= 11 is 0. The van der Waals surface area contributed by atoms with Gasteiger partial charge in [-0.05, 0) is 25.1 Å². The highest BCUT2D eigenvalue weighted by atomic mass is 16.2. The monoisotopic (exact) mass is 278 g/mol. The minimum absolute atomic E-state index is 0.324. The maximum Gasteiger partial charge on any atom is 0.289 e. The predicted molar refractivity (Wildman–Crippen MR) is 82.2 cm³/mol. The number of hydrogen-bond donors (Lipinski definition) is 2. The molecule has 1 aromatic carbocycles. The molecule has 2 heterocycles. The molecule has 3 rings (SSSR count). The summed E-state index contributed by atoms with van der Waals surface area (Å²) in [4.78, 5) is 19.1. The molecule has 5 nitrogen and oxygen atoms in total. The molecule has 0 bridgehead atoms. The fraction of sp³-hybridized carbons (Fsp3) is 0.0625. The van der Waals surface area contributed by atoms with Crippen LogP contribution in [-0.2, 0) is 0 Å². The molecule has 0 atom stereocenters. The number of pyridine rings is 1. The molecule has 21 heavy (non-hydrogen) atoms. The molecule has 2 N–H and O–H groups in total. The Morgan fingerprint density at radius 2 is 2.00 bits per heavy atom. The van der Waals surface area contributed by atoms with Crippen LogP contribution < -0.4 is 5.43 Å². The van der Waals surface area contributed by atoms with E-state index in [1.807, 2.05) is 37.4 Å². The molecule has 0 aliphatic heterocycles. The molecule has 1 amide bonds. The van der Waals surface area contributed by atoms with E-state index in [1.165, 1.54) is 0 Å². The number of para-hydroxylation sites is 1. The number of hydrazone groups is 1. The quantitative estimate of drug-likeness (QED) is 0.571. The van der Waals surface area contributed by atoms with Gasteiger partial charge in [-0.2, -0.15) is 5.10 Å². The molecular weight excluding hydrogens is 264 g/mol. The average molecular weight is 278 g/mol. The highest BCUT2D eigenvalue weighted by molar-refractivity contribution is 6.09. The van der Waals surface area contributed by atoms with E-state index in [0.29, 0.717) is 5.69 Å². The Balaban J connectivity index is 1.82. The lowest BCUT2D eigenvalue weighted by Crippen LogP contribution is -2.20. The lowest BCUT2D eigenvalue weighted by Gasteiger charge is -2.01. The Bertz CT molecular complexity index is 805. The minimum Gasteiger partial charge on any atom is -0.360 e. The van der Waals surface area contributed by atoms with Crippen LogP contribution in [0, 0.1) is 0 Å². The lowest BCUT2D eigenvalue weighted by atomic mass is 10.1. The van der Waals surface area contributed by atoms with Crippen molar-refractivity contribution in [2.24, 2.45) is 5.10 Å². The van der Waals surface area contributed by atoms with Gasteiger partial charge in [0.2, 0.25) is 0 Å². The Morgan fingerprint density at radius 1 is 1.19 bits per heavy atom. The van der Waals surface area contributed by atoms with E-state index < -0.39 is 0 Å². The van der Waals surface area contributed by atoms with Gasteiger partial charge in [-0.25, -0.2) is 5.43 Å². The summed E-state index contributed by atoms with van der Waals surface area (Å²) in [5, 5.41) is 5.23. The number of H-pyrrole nitrogens is 1. The SMILES string of the molecule is C/C(=N/NC(=O)c1ccccn1)c1c[nH]c2ccccc12. The maximum absolute atomic E-state index is 11.9. The highest BCUT2D eigenvalue weighted by Crippen LogP contribution is 2.18. The van der Waals surface area contributed by atoms with Crippen molar-refractivity contribution in [1.29, 1.82) is 0 Å². The first-order chi connectivity index (χ1) is 10.3. The Labute approximate surface area is 121 Å². The second kappa shape index (κ2) is 5.58. The van der Waals surface area contributed by atoms with Gasteiger partial charge in [-0.1, -0.05) is 24.3 Å². The number of benzene rings is 1. The third-order valence-corrected chi connectivity index (χ3v) is 3.20. The fourth-order valence-electron chi connectivity index (χ4n) is 2.12. The van der Waals surface area contributed by atoms with Crippen LogP contribution in [0.4, 0.5) is 0 Å². The molecule has 0 aliphatic rings. The summed E-state index contributed by atoms with van der Waals surface area (Å²) in [6.45, 7) is 1.86. The second-order valence-electron chi connectivity index (χ2n) is 4.60. The molecule has 104 valence electrons. The van der Waals surface area contributed by atoms with E-state index in [9.17, 15) is 4.79 Å². The number of hydrogen-bond acceptors (Lipinski definition) is 3. The zero-order valence-electron chi connectivity index (χ0n) is 11.5. The number of fused-ring (bicyclic) bond motifs is 1. The molecule has 0 radical (unpaired) electrons. The van der Waals surface area contributed by atoms with Crippen molar-refractivity contribution >= 4 is 22.5 Å². The number of amides is 1. The van der Waals surface area contributed by atoms with Crippen LogP contribution in [0.3, 0.4) is 0 Å². The van der Waals surface area contributed by atoms with E-state index in [4.69, 9.17) is 0 Å². The summed E-state index contributed by atoms with van der Waals surface area (Å²) in [5.41, 5.74) is 5.60. The number of carbonyl (C=O) groups excluding carboxylic acids is 1. The standard InChI is InChI=1S/C16H14N4O/c1-11(13-10-18-14-7-3-2-6-12(13)14)19-20-16(21)15-8-4-5-9-17-15/h2-10,18H,1H3,(H,20,21)/b19-11-. The number of aromatic nitrogens is 2. The van der Waals surface area contributed by atoms with Gasteiger partial charge in [-0.15, -0.1) is 0 Å². The van der Waals surface area contributed by atoms with Crippen LogP contribution in [0.1, 0.15) is 23.0 Å². The van der Waals surface area contributed by atoms with Gasteiger partial charge in [0.25, 0.3) is 5.91 Å². The van der Waals surface area contributed by atoms with Gasteiger partial charge in [0.15, 0.2) is 0 Å². The van der Waals surface area contributed by atoms with Crippen LogP contribution in [0.25, 0.3) is 10.9 Å². The first-order valence-corrected chi connectivity index (χ1v) is 6.58. The second-order valence-corrected chi connectivity index (χ2v) is 4.60. The van der Waals surface area contributed by atoms with Gasteiger partial charge < -0.3 is 4.98 Å². The van der Waals surface area contributed by atoms with Gasteiger partial charge in [0, 0.05) is 28.9 Å². The minimum atomic E-state index is -0.324. The maximum atomic E-state index is 11.9. The van der Waals surface area contributed by atoms with Crippen molar-refractivity contribution in [1.82, 2.24) is 15.4 Å². The molecule has 0 unspecified atom stereocenters. The number of aromatic amines is 1. The number of carbonyl (C=O) groups is 1. The zero-order chi connectivity index (χ0) is 14.7. The zero-order valence-corrected chi connectivity index (χ0v) is 11.5. The molecule has 0 spiro atoms. The summed E-state index contributed by atoms with van der Waals surface area (Å²) in [6, 6.07) is 13.1. The van der Waals surface area contributed by atoms with E-state index >= 15 is 0 Å². The van der Waals surface area contributed by atoms with Crippen molar-refractivity contribution in [2.75, 3.05) is 0 Å². The van der Waals surface area contributed by atoms with E-state index in [2.05, 4.69) is 20.5 Å². The number of rotatable bonds is 3. The lowest BCUT2D eigenvalue weighted by molar-refractivity contribution is 0.0950. The average Bonchev–Trinajstić information content (AvgIpc) is 2.97. The Morgan fingerprint density at radius 3 is 2.81 bits per heavy atom. The molecule has 2 aromatic heterocycles. The summed E-state index contributed by atoms with van der Waals surface area (Å²) in [6.07, 6.45) is 3.46. The molecular formula is C16H14N4O. The molecule has 0 saturated carbocycles. The first kappa shape index (κ1) is 13.1. The van der Waals surface area contributed by atoms with Crippen molar-refractivity contribution < 1.29 is 4.79 Å². The largest absolute Gasteiger partial charge is 0.360 e. The molecule has 3 aromatic rings. The van der Waals surface area contributed by atoms with Crippen LogP contribution in [0.15, 0.2) is 60.0 Å². The Hall–Kier alpha value is -2.95. The van der Waals surface area contributed by atoms with Crippen molar-refractivity contribution in [3.63, 3.8) is 0 Å². The Kier molecular flexibility index (Phi) is 3.47. The van der Waals surface area contributed by atoms with Crippen LogP contribution >= 0.6 is 0 Å². The number of nitrogens with zero attached hydrogens (tertiary/aromatic N) is 2. The van der Waals surface area contributed by atoms with Crippen molar-refractivity contribution in [3.8, 4) is 0 Å². The van der Waals surface area contributed by atoms with Crippen LogP contribution in [0.2, 0.25) is 0 Å². The smallest absolute Gasteiger partial charge is 0.289 e. The molecule has 0 saturated heterocycles. The van der Waals surface area contributed by atoms with Gasteiger partial charge in [0.1, 0.15) is 5.69 Å². The van der Waals surface area contributed by atoms with E-state index in [-0.39, 0.29) is 5.91 Å². The normalized spacial score (nSPS) is 11.6. The van der Waals surface area contributed by atoms with E-state index in [0.717, 1.165) is 22.2 Å². The summed E-state index contributed by atoms with van der Waals surface area (Å²) in [7, 11) is 0. The highest BCUT2D eigenvalue weighted by Gasteiger charge is 2.08. The molecule has 0 fully saturated rings. The first-order valence-electron chi connectivity index (χ1n) is 6.58. The van der Waals surface area contributed by atoms with E-state index in [1.54, 1.807) is 24.4 Å². The van der Waals surface area contributed by atoms with Crippen LogP contribution in [-0.4, -0.2) is 21.6 Å². The van der Waals surface area contributed by atoms with Crippen LogP contribution in [0.5, 0.6) is 0 Å². The third kappa shape index (κ3) is 2.67. The summed E-state index contributed by atoms with van der Waals surface area (Å²) < 4.78 is 0. The molecule has 5 heteroatoms. The fourth-order valence-corrected chi connectivity index (χ4v) is 2.12. The third-order valence-electron chi connectivity index (χ3n) is 3.20. The number of nitrogens with one attached hydrogen (secondary N) is 2. The van der Waals surface area contributed by atoms with Gasteiger partial charge >= 0.3 is 0 Å². The van der Waals surface area contributed by atoms with Crippen molar-refractivity contribution in [3.05, 3.63) is 66.1 Å². The molecule has 0 aliphatic carbocycles. The summed E-state index contributed by atoms with van der Waals surface area (Å²) in [5.74, 6) is -0.324. The van der Waals surface area contributed by atoms with Gasteiger partial charge in [0.05, 0.1) is 5.71 Å². The van der Waals surface area contributed by atoms with Gasteiger partial charge in [-0.3, -0.25) is 9.78 Å². The topological polar surface area (TPSA) is 70.1 Å². The van der Waals surface area contributed by atoms with Crippen molar-refractivity contribution in [2.45, 2.75) is 6.92 Å².